The van der Waals surface area contributed by atoms with Crippen molar-refractivity contribution in [2.45, 2.75) is 47.7 Å². The van der Waals surface area contributed by atoms with Gasteiger partial charge in [0.05, 0.1) is 12.0 Å². The van der Waals surface area contributed by atoms with E-state index in [0.717, 1.165) is 12.8 Å². The fourth-order valence-corrected chi connectivity index (χ4v) is 5.13. The first-order chi connectivity index (χ1) is 9.32. The summed E-state index contributed by atoms with van der Waals surface area (Å²) in [7, 11) is -3.12. The Bertz CT molecular complexity index is 646. The molecule has 1 aromatic rings. The van der Waals surface area contributed by atoms with E-state index in [2.05, 4.69) is 0 Å². The molecule has 1 spiro atoms. The second-order valence-corrected chi connectivity index (χ2v) is 7.71. The lowest BCUT2D eigenvalue weighted by atomic mass is 9.75. The molecule has 3 rings (SSSR count). The Labute approximate surface area is 116 Å². The molecule has 0 N–H and O–H groups in total. The zero-order valence-corrected chi connectivity index (χ0v) is 12.0. The summed E-state index contributed by atoms with van der Waals surface area (Å²) in [5.74, 6) is 0.510. The number of fused-ring (bicyclic) bond motifs is 2. The SMILES string of the molecule is COc1ccc2c(c1)C1(CCCC1)CC(F)(F)S2(=O)=O. The topological polar surface area (TPSA) is 43.4 Å². The zero-order valence-electron chi connectivity index (χ0n) is 11.2. The van der Waals surface area contributed by atoms with E-state index in [-0.39, 0.29) is 4.90 Å². The van der Waals surface area contributed by atoms with Gasteiger partial charge in [0.15, 0.2) is 0 Å². The molecule has 2 aliphatic rings. The molecule has 1 aromatic carbocycles. The Morgan fingerprint density at radius 1 is 1.20 bits per heavy atom. The van der Waals surface area contributed by atoms with Crippen LogP contribution < -0.4 is 4.74 Å². The average Bonchev–Trinajstić information content (AvgIpc) is 2.85. The first-order valence-corrected chi connectivity index (χ1v) is 8.12. The number of hydrogen-bond donors (Lipinski definition) is 0. The Balaban J connectivity index is 2.29. The fraction of sp³-hybridized carbons (Fsp3) is 0.571. The van der Waals surface area contributed by atoms with Crippen molar-refractivity contribution < 1.29 is 21.9 Å². The first kappa shape index (κ1) is 13.8. The summed E-state index contributed by atoms with van der Waals surface area (Å²) < 4.78 is 57.5. The Kier molecular flexibility index (Phi) is 2.87. The molecule has 0 unspecified atom stereocenters. The summed E-state index contributed by atoms with van der Waals surface area (Å²) in [5.41, 5.74) is -0.209. The molecule has 1 aliphatic carbocycles. The third-order valence-corrected chi connectivity index (χ3v) is 6.41. The van der Waals surface area contributed by atoms with Crippen LogP contribution in [-0.2, 0) is 15.3 Å². The predicted molar refractivity (Wildman–Crippen MR) is 69.9 cm³/mol. The summed E-state index contributed by atoms with van der Waals surface area (Å²) in [4.78, 5) is -0.226. The lowest BCUT2D eigenvalue weighted by molar-refractivity contribution is 0.0473. The van der Waals surface area contributed by atoms with Gasteiger partial charge in [-0.05, 0) is 36.6 Å². The molecule has 0 aromatic heterocycles. The van der Waals surface area contributed by atoms with Crippen LogP contribution in [0.5, 0.6) is 5.75 Å². The van der Waals surface area contributed by atoms with Gasteiger partial charge in [-0.1, -0.05) is 12.8 Å². The van der Waals surface area contributed by atoms with Crippen LogP contribution in [0.3, 0.4) is 0 Å². The number of hydrogen-bond acceptors (Lipinski definition) is 3. The monoisotopic (exact) mass is 302 g/mol. The van der Waals surface area contributed by atoms with Crippen LogP contribution in [-0.4, -0.2) is 20.8 Å². The van der Waals surface area contributed by atoms with Gasteiger partial charge in [-0.3, -0.25) is 0 Å². The standard InChI is InChI=1S/C14H16F2O3S/c1-19-10-4-5-12-11(8-10)13(6-2-3-7-13)9-14(15,16)20(12,17)18/h4-5,8H,2-3,6-7,9H2,1H3. The van der Waals surface area contributed by atoms with Gasteiger partial charge < -0.3 is 4.74 Å². The van der Waals surface area contributed by atoms with Crippen LogP contribution in [0.2, 0.25) is 0 Å². The highest BCUT2D eigenvalue weighted by molar-refractivity contribution is 7.92. The molecule has 1 heterocycles. The Morgan fingerprint density at radius 3 is 2.45 bits per heavy atom. The molecular formula is C14H16F2O3S. The molecule has 110 valence electrons. The average molecular weight is 302 g/mol. The zero-order chi connectivity index (χ0) is 14.6. The van der Waals surface area contributed by atoms with Gasteiger partial charge in [0.25, 0.3) is 0 Å². The summed E-state index contributed by atoms with van der Waals surface area (Å²) >= 11 is 0. The smallest absolute Gasteiger partial charge is 0.350 e. The molecule has 0 radical (unpaired) electrons. The minimum absolute atomic E-state index is 0.226. The molecular weight excluding hydrogens is 286 g/mol. The minimum Gasteiger partial charge on any atom is -0.497 e. The van der Waals surface area contributed by atoms with Crippen molar-refractivity contribution in [2.24, 2.45) is 0 Å². The predicted octanol–water partition coefficient (Wildman–Crippen LogP) is 3.28. The van der Waals surface area contributed by atoms with Crippen molar-refractivity contribution in [1.82, 2.24) is 0 Å². The van der Waals surface area contributed by atoms with Crippen molar-refractivity contribution in [3.63, 3.8) is 0 Å². The maximum atomic E-state index is 14.1. The number of rotatable bonds is 1. The molecule has 1 saturated carbocycles. The Hall–Kier alpha value is -1.17. The van der Waals surface area contributed by atoms with Crippen LogP contribution in [0, 0.1) is 0 Å². The second kappa shape index (κ2) is 4.16. The van der Waals surface area contributed by atoms with Gasteiger partial charge in [0.2, 0.25) is 9.84 Å². The lowest BCUT2D eigenvalue weighted by Gasteiger charge is -2.39. The molecule has 6 heteroatoms. The van der Waals surface area contributed by atoms with E-state index in [4.69, 9.17) is 4.74 Å². The highest BCUT2D eigenvalue weighted by Gasteiger charge is 2.59. The fourth-order valence-electron chi connectivity index (χ4n) is 3.53. The largest absolute Gasteiger partial charge is 0.497 e. The third kappa shape index (κ3) is 1.70. The van der Waals surface area contributed by atoms with Crippen molar-refractivity contribution in [2.75, 3.05) is 7.11 Å². The number of methoxy groups -OCH3 is 1. The van der Waals surface area contributed by atoms with E-state index in [1.165, 1.54) is 19.2 Å². The molecule has 0 atom stereocenters. The highest BCUT2D eigenvalue weighted by atomic mass is 32.2. The van der Waals surface area contributed by atoms with Gasteiger partial charge in [-0.15, -0.1) is 0 Å². The Morgan fingerprint density at radius 2 is 1.85 bits per heavy atom. The molecule has 20 heavy (non-hydrogen) atoms. The normalized spacial score (nSPS) is 25.4. The quantitative estimate of drug-likeness (QED) is 0.799. The van der Waals surface area contributed by atoms with Crippen LogP contribution in [0.1, 0.15) is 37.7 Å². The number of benzene rings is 1. The van der Waals surface area contributed by atoms with Crippen LogP contribution >= 0.6 is 0 Å². The van der Waals surface area contributed by atoms with Gasteiger partial charge in [-0.25, -0.2) is 8.42 Å². The number of sulfone groups is 1. The minimum atomic E-state index is -4.60. The molecule has 0 bridgehead atoms. The van der Waals surface area contributed by atoms with E-state index in [1.54, 1.807) is 6.07 Å². The van der Waals surface area contributed by atoms with E-state index in [9.17, 15) is 17.2 Å². The van der Waals surface area contributed by atoms with E-state index in [1.807, 2.05) is 0 Å². The third-order valence-electron chi connectivity index (χ3n) is 4.55. The molecule has 1 fully saturated rings. The van der Waals surface area contributed by atoms with Crippen molar-refractivity contribution in [3.8, 4) is 5.75 Å². The summed E-state index contributed by atoms with van der Waals surface area (Å²) in [6, 6.07) is 4.31. The van der Waals surface area contributed by atoms with E-state index >= 15 is 0 Å². The van der Waals surface area contributed by atoms with Gasteiger partial charge in [0.1, 0.15) is 5.75 Å². The van der Waals surface area contributed by atoms with E-state index in [0.29, 0.717) is 24.2 Å². The van der Waals surface area contributed by atoms with Crippen molar-refractivity contribution >= 4 is 9.84 Å². The summed E-state index contributed by atoms with van der Waals surface area (Å²) in [6.45, 7) is 0. The molecule has 3 nitrogen and oxygen atoms in total. The van der Waals surface area contributed by atoms with Crippen LogP contribution in [0.25, 0.3) is 0 Å². The number of alkyl halides is 2. The van der Waals surface area contributed by atoms with Crippen LogP contribution in [0.4, 0.5) is 8.78 Å². The van der Waals surface area contributed by atoms with Gasteiger partial charge >= 0.3 is 5.25 Å². The van der Waals surface area contributed by atoms with Crippen molar-refractivity contribution in [3.05, 3.63) is 23.8 Å². The maximum absolute atomic E-state index is 14.1. The summed E-state index contributed by atoms with van der Waals surface area (Å²) in [5, 5.41) is -3.68. The highest BCUT2D eigenvalue weighted by Crippen LogP contribution is 2.56. The molecule has 1 aliphatic heterocycles. The lowest BCUT2D eigenvalue weighted by Crippen LogP contribution is -2.44. The second-order valence-electron chi connectivity index (χ2n) is 5.67. The van der Waals surface area contributed by atoms with Crippen LogP contribution in [0.15, 0.2) is 23.1 Å². The van der Waals surface area contributed by atoms with Crippen molar-refractivity contribution in [1.29, 1.82) is 0 Å². The number of halogens is 2. The maximum Gasteiger partial charge on any atom is 0.350 e. The first-order valence-electron chi connectivity index (χ1n) is 6.63. The molecule has 0 amide bonds. The van der Waals surface area contributed by atoms with Gasteiger partial charge in [0, 0.05) is 11.8 Å². The summed E-state index contributed by atoms with van der Waals surface area (Å²) in [6.07, 6.45) is 2.32. The molecule has 0 saturated heterocycles. The van der Waals surface area contributed by atoms with E-state index < -0.39 is 26.9 Å². The van der Waals surface area contributed by atoms with Gasteiger partial charge in [-0.2, -0.15) is 8.78 Å². The number of ether oxygens (including phenoxy) is 1.